The quantitative estimate of drug-likeness (QED) is 0.783. The topological polar surface area (TPSA) is 64.9 Å². The number of carbonyl (C=O) groups excluding carboxylic acids is 1. The number of pyridine rings is 1. The average Bonchev–Trinajstić information content (AvgIpc) is 3.02. The van der Waals surface area contributed by atoms with Gasteiger partial charge >= 0.3 is 0 Å². The number of nitrogens with zero attached hydrogens (tertiary/aromatic N) is 2. The predicted octanol–water partition coefficient (Wildman–Crippen LogP) is 2.59. The van der Waals surface area contributed by atoms with Crippen LogP contribution in [0.15, 0.2) is 42.7 Å². The zero-order valence-electron chi connectivity index (χ0n) is 13.9. The van der Waals surface area contributed by atoms with Crippen LogP contribution in [-0.4, -0.2) is 29.5 Å². The van der Waals surface area contributed by atoms with Crippen molar-refractivity contribution in [3.05, 3.63) is 59.5 Å². The summed E-state index contributed by atoms with van der Waals surface area (Å²) < 4.78 is 12.5. The summed E-state index contributed by atoms with van der Waals surface area (Å²) >= 11 is 0. The van der Waals surface area contributed by atoms with Gasteiger partial charge in [-0.1, -0.05) is 6.07 Å². The first-order chi connectivity index (χ1) is 11.6. The van der Waals surface area contributed by atoms with Crippen LogP contribution in [0.3, 0.4) is 0 Å². The Morgan fingerprint density at radius 1 is 1.21 bits per heavy atom. The molecule has 6 heteroatoms. The lowest BCUT2D eigenvalue weighted by Gasteiger charge is -2.12. The molecule has 0 bridgehead atoms. The van der Waals surface area contributed by atoms with Crippen molar-refractivity contribution in [3.8, 4) is 11.5 Å². The van der Waals surface area contributed by atoms with Crippen LogP contribution in [0.4, 0.5) is 0 Å². The van der Waals surface area contributed by atoms with Crippen molar-refractivity contribution in [3.63, 3.8) is 0 Å². The monoisotopic (exact) mass is 325 g/mol. The summed E-state index contributed by atoms with van der Waals surface area (Å²) in [6, 6.07) is 9.19. The number of carbonyl (C=O) groups is 1. The Hall–Kier alpha value is -3.02. The van der Waals surface area contributed by atoms with E-state index in [0.29, 0.717) is 23.6 Å². The van der Waals surface area contributed by atoms with Crippen molar-refractivity contribution >= 4 is 11.6 Å². The van der Waals surface area contributed by atoms with Crippen LogP contribution in [0.5, 0.6) is 11.5 Å². The maximum absolute atomic E-state index is 12.4. The molecule has 0 atom stereocenters. The van der Waals surface area contributed by atoms with Crippen molar-refractivity contribution in [1.82, 2.24) is 14.7 Å². The standard InChI is InChI=1S/C18H19N3O3/c1-12-15(23-2)8-13(9-16(12)24-3)18(22)19-10-14-11-21-7-5-4-6-17(21)20-14/h4-9,11H,10H2,1-3H3,(H,19,22). The molecular weight excluding hydrogens is 306 g/mol. The minimum Gasteiger partial charge on any atom is -0.496 e. The van der Waals surface area contributed by atoms with E-state index in [-0.39, 0.29) is 5.91 Å². The molecule has 6 nitrogen and oxygen atoms in total. The van der Waals surface area contributed by atoms with Gasteiger partial charge in [-0.15, -0.1) is 0 Å². The van der Waals surface area contributed by atoms with Crippen molar-refractivity contribution < 1.29 is 14.3 Å². The average molecular weight is 325 g/mol. The largest absolute Gasteiger partial charge is 0.496 e. The molecule has 0 aliphatic carbocycles. The smallest absolute Gasteiger partial charge is 0.251 e. The maximum Gasteiger partial charge on any atom is 0.251 e. The second-order valence-electron chi connectivity index (χ2n) is 5.39. The highest BCUT2D eigenvalue weighted by Gasteiger charge is 2.14. The Morgan fingerprint density at radius 2 is 1.92 bits per heavy atom. The molecular formula is C18H19N3O3. The van der Waals surface area contributed by atoms with Gasteiger partial charge in [0.05, 0.1) is 26.5 Å². The third-order valence-corrected chi connectivity index (χ3v) is 3.86. The van der Waals surface area contributed by atoms with Gasteiger partial charge in [-0.3, -0.25) is 4.79 Å². The van der Waals surface area contributed by atoms with E-state index >= 15 is 0 Å². The molecule has 1 amide bonds. The Morgan fingerprint density at radius 3 is 2.54 bits per heavy atom. The van der Waals surface area contributed by atoms with Gasteiger partial charge in [0.2, 0.25) is 0 Å². The maximum atomic E-state index is 12.4. The minimum absolute atomic E-state index is 0.205. The Balaban J connectivity index is 1.77. The van der Waals surface area contributed by atoms with Crippen LogP contribution >= 0.6 is 0 Å². The van der Waals surface area contributed by atoms with E-state index in [1.807, 2.05) is 41.9 Å². The number of methoxy groups -OCH3 is 2. The molecule has 0 unspecified atom stereocenters. The first-order valence-electron chi connectivity index (χ1n) is 7.56. The molecule has 0 saturated heterocycles. The van der Waals surface area contributed by atoms with Gasteiger partial charge in [-0.25, -0.2) is 4.98 Å². The van der Waals surface area contributed by atoms with Crippen LogP contribution in [0.2, 0.25) is 0 Å². The summed E-state index contributed by atoms with van der Waals surface area (Å²) in [5, 5.41) is 2.87. The van der Waals surface area contributed by atoms with Gasteiger partial charge in [0.1, 0.15) is 17.1 Å². The molecule has 0 aliphatic heterocycles. The van der Waals surface area contributed by atoms with E-state index in [9.17, 15) is 4.79 Å². The van der Waals surface area contributed by atoms with Gasteiger partial charge in [0, 0.05) is 23.5 Å². The van der Waals surface area contributed by atoms with Gasteiger partial charge in [0.25, 0.3) is 5.91 Å². The predicted molar refractivity (Wildman–Crippen MR) is 90.6 cm³/mol. The number of aromatic nitrogens is 2. The summed E-state index contributed by atoms with van der Waals surface area (Å²) in [5.74, 6) is 1.03. The molecule has 3 rings (SSSR count). The van der Waals surface area contributed by atoms with Crippen molar-refractivity contribution in [2.24, 2.45) is 0 Å². The zero-order valence-corrected chi connectivity index (χ0v) is 13.9. The van der Waals surface area contributed by atoms with E-state index in [0.717, 1.165) is 16.9 Å². The number of imidazole rings is 1. The van der Waals surface area contributed by atoms with E-state index in [1.54, 1.807) is 26.4 Å². The highest BCUT2D eigenvalue weighted by Crippen LogP contribution is 2.29. The summed E-state index contributed by atoms with van der Waals surface area (Å²) in [6.45, 7) is 2.23. The second-order valence-corrected chi connectivity index (χ2v) is 5.39. The Labute approximate surface area is 140 Å². The molecule has 0 saturated carbocycles. The fraction of sp³-hybridized carbons (Fsp3) is 0.222. The fourth-order valence-corrected chi connectivity index (χ4v) is 2.56. The van der Waals surface area contributed by atoms with E-state index in [2.05, 4.69) is 10.3 Å². The Bertz CT molecular complexity index is 828. The molecule has 0 spiro atoms. The lowest BCUT2D eigenvalue weighted by Crippen LogP contribution is -2.23. The molecule has 1 N–H and O–H groups in total. The summed E-state index contributed by atoms with van der Waals surface area (Å²) in [7, 11) is 3.14. The first-order valence-corrected chi connectivity index (χ1v) is 7.56. The number of amides is 1. The molecule has 124 valence electrons. The van der Waals surface area contributed by atoms with E-state index in [1.165, 1.54) is 0 Å². The summed E-state index contributed by atoms with van der Waals surface area (Å²) in [5.41, 5.74) is 2.98. The molecule has 0 aliphatic rings. The van der Waals surface area contributed by atoms with E-state index in [4.69, 9.17) is 9.47 Å². The third kappa shape index (κ3) is 3.03. The lowest BCUT2D eigenvalue weighted by molar-refractivity contribution is 0.0949. The molecule has 1 aromatic carbocycles. The first kappa shape index (κ1) is 15.9. The number of rotatable bonds is 5. The number of hydrogen-bond acceptors (Lipinski definition) is 4. The summed E-state index contributed by atoms with van der Waals surface area (Å²) in [6.07, 6.45) is 3.81. The number of ether oxygens (including phenoxy) is 2. The fourth-order valence-electron chi connectivity index (χ4n) is 2.56. The zero-order chi connectivity index (χ0) is 17.1. The van der Waals surface area contributed by atoms with Gasteiger partial charge in [-0.2, -0.15) is 0 Å². The molecule has 3 aromatic rings. The number of nitrogens with one attached hydrogen (secondary N) is 1. The van der Waals surface area contributed by atoms with Crippen LogP contribution in [-0.2, 0) is 6.54 Å². The van der Waals surface area contributed by atoms with Crippen molar-refractivity contribution in [1.29, 1.82) is 0 Å². The Kier molecular flexibility index (Phi) is 4.37. The number of benzene rings is 1. The SMILES string of the molecule is COc1cc(C(=O)NCc2cn3ccccc3n2)cc(OC)c1C. The van der Waals surface area contributed by atoms with Crippen LogP contribution in [0.1, 0.15) is 21.6 Å². The lowest BCUT2D eigenvalue weighted by atomic mass is 10.1. The molecule has 0 radical (unpaired) electrons. The molecule has 24 heavy (non-hydrogen) atoms. The van der Waals surface area contributed by atoms with Crippen molar-refractivity contribution in [2.75, 3.05) is 14.2 Å². The number of fused-ring (bicyclic) bond motifs is 1. The molecule has 2 heterocycles. The third-order valence-electron chi connectivity index (χ3n) is 3.86. The minimum atomic E-state index is -0.205. The van der Waals surface area contributed by atoms with Crippen LogP contribution in [0.25, 0.3) is 5.65 Å². The highest BCUT2D eigenvalue weighted by atomic mass is 16.5. The van der Waals surface area contributed by atoms with Crippen LogP contribution < -0.4 is 14.8 Å². The highest BCUT2D eigenvalue weighted by molar-refractivity contribution is 5.95. The number of hydrogen-bond donors (Lipinski definition) is 1. The molecule has 0 fully saturated rings. The molecule has 2 aromatic heterocycles. The van der Waals surface area contributed by atoms with Crippen molar-refractivity contribution in [2.45, 2.75) is 13.5 Å². The van der Waals surface area contributed by atoms with Gasteiger partial charge in [-0.05, 0) is 31.2 Å². The van der Waals surface area contributed by atoms with Gasteiger partial charge < -0.3 is 19.2 Å². The van der Waals surface area contributed by atoms with Crippen LogP contribution in [0, 0.1) is 6.92 Å². The van der Waals surface area contributed by atoms with Gasteiger partial charge in [0.15, 0.2) is 0 Å². The summed E-state index contributed by atoms with van der Waals surface area (Å²) in [4.78, 5) is 16.9. The van der Waals surface area contributed by atoms with E-state index < -0.39 is 0 Å². The normalized spacial score (nSPS) is 10.6. The second kappa shape index (κ2) is 6.62.